The van der Waals surface area contributed by atoms with Gasteiger partial charge in [0.15, 0.2) is 0 Å². The van der Waals surface area contributed by atoms with E-state index in [0.717, 1.165) is 17.2 Å². The summed E-state index contributed by atoms with van der Waals surface area (Å²) in [6, 6.07) is 17.0. The molecule has 0 aliphatic heterocycles. The van der Waals surface area contributed by atoms with Gasteiger partial charge in [-0.15, -0.1) is 0 Å². The van der Waals surface area contributed by atoms with Crippen molar-refractivity contribution in [2.45, 2.75) is 13.3 Å². The number of carbonyl (C=O) groups excluding carboxylic acids is 1. The Hall–Kier alpha value is -2.59. The van der Waals surface area contributed by atoms with Gasteiger partial charge in [0.05, 0.1) is 5.69 Å². The predicted octanol–water partition coefficient (Wildman–Crippen LogP) is 3.81. The van der Waals surface area contributed by atoms with Crippen molar-refractivity contribution in [3.8, 4) is 5.69 Å². The highest BCUT2D eigenvalue weighted by Gasteiger charge is 2.08. The molecule has 0 spiro atoms. The lowest BCUT2D eigenvalue weighted by Gasteiger charge is -2.04. The van der Waals surface area contributed by atoms with Gasteiger partial charge in [-0.05, 0) is 37.3 Å². The van der Waals surface area contributed by atoms with Gasteiger partial charge in [-0.3, -0.25) is 4.79 Å². The molecular formula is C19H18ClN3O. The first kappa shape index (κ1) is 16.3. The molecular weight excluding hydrogens is 322 g/mol. The molecule has 1 heterocycles. The number of aryl methyl sites for hydroxylation is 1. The molecule has 1 amide bonds. The third-order valence-electron chi connectivity index (χ3n) is 3.72. The first-order valence-electron chi connectivity index (χ1n) is 7.77. The van der Waals surface area contributed by atoms with Crippen molar-refractivity contribution < 1.29 is 4.79 Å². The van der Waals surface area contributed by atoms with E-state index in [-0.39, 0.29) is 5.91 Å². The van der Waals surface area contributed by atoms with Crippen molar-refractivity contribution in [2.75, 3.05) is 6.54 Å². The van der Waals surface area contributed by atoms with Gasteiger partial charge < -0.3 is 9.88 Å². The van der Waals surface area contributed by atoms with Gasteiger partial charge in [0, 0.05) is 35.4 Å². The maximum atomic E-state index is 12.1. The van der Waals surface area contributed by atoms with E-state index in [2.05, 4.69) is 10.3 Å². The third kappa shape index (κ3) is 3.84. The summed E-state index contributed by atoms with van der Waals surface area (Å²) in [4.78, 5) is 16.6. The minimum absolute atomic E-state index is 0.128. The van der Waals surface area contributed by atoms with E-state index >= 15 is 0 Å². The second kappa shape index (κ2) is 7.32. The molecule has 1 N–H and O–H groups in total. The average Bonchev–Trinajstić information content (AvgIpc) is 2.96. The monoisotopic (exact) mass is 339 g/mol. The number of hydrogen-bond donors (Lipinski definition) is 1. The van der Waals surface area contributed by atoms with E-state index in [1.54, 1.807) is 24.3 Å². The largest absolute Gasteiger partial charge is 0.352 e. The molecule has 3 rings (SSSR count). The van der Waals surface area contributed by atoms with Gasteiger partial charge in [-0.2, -0.15) is 0 Å². The van der Waals surface area contributed by atoms with Gasteiger partial charge in [-0.25, -0.2) is 4.98 Å². The predicted molar refractivity (Wildman–Crippen MR) is 95.8 cm³/mol. The minimum atomic E-state index is -0.128. The topological polar surface area (TPSA) is 46.9 Å². The van der Waals surface area contributed by atoms with Crippen molar-refractivity contribution in [3.63, 3.8) is 0 Å². The highest BCUT2D eigenvalue weighted by molar-refractivity contribution is 6.30. The van der Waals surface area contributed by atoms with Crippen molar-refractivity contribution in [2.24, 2.45) is 0 Å². The van der Waals surface area contributed by atoms with E-state index < -0.39 is 0 Å². The fourth-order valence-electron chi connectivity index (χ4n) is 2.54. The van der Waals surface area contributed by atoms with E-state index in [1.807, 2.05) is 48.0 Å². The smallest absolute Gasteiger partial charge is 0.251 e. The SMILES string of the molecule is Cc1nc(CCNC(=O)c2cccc(Cl)c2)cn1-c1ccccc1. The molecule has 0 aliphatic rings. The maximum absolute atomic E-state index is 12.1. The molecule has 0 atom stereocenters. The summed E-state index contributed by atoms with van der Waals surface area (Å²) in [6.07, 6.45) is 2.68. The Kier molecular flexibility index (Phi) is 4.96. The van der Waals surface area contributed by atoms with Crippen LogP contribution in [0.4, 0.5) is 0 Å². The van der Waals surface area contributed by atoms with Crippen LogP contribution in [-0.2, 0) is 6.42 Å². The Bertz CT molecular complexity index is 843. The third-order valence-corrected chi connectivity index (χ3v) is 3.96. The number of nitrogens with one attached hydrogen (secondary N) is 1. The van der Waals surface area contributed by atoms with Crippen LogP contribution in [0.5, 0.6) is 0 Å². The van der Waals surface area contributed by atoms with Crippen LogP contribution in [0.15, 0.2) is 60.8 Å². The van der Waals surface area contributed by atoms with Crippen LogP contribution < -0.4 is 5.32 Å². The minimum Gasteiger partial charge on any atom is -0.352 e. The lowest BCUT2D eigenvalue weighted by molar-refractivity contribution is 0.0954. The standard InChI is InChI=1S/C19H18ClN3O/c1-14-22-17(13-23(14)18-8-3-2-4-9-18)10-11-21-19(24)15-6-5-7-16(20)12-15/h2-9,12-13H,10-11H2,1H3,(H,21,24). The second-order valence-corrected chi connectivity index (χ2v) is 5.94. The molecule has 122 valence electrons. The highest BCUT2D eigenvalue weighted by Crippen LogP contribution is 2.13. The fourth-order valence-corrected chi connectivity index (χ4v) is 2.73. The molecule has 2 aromatic carbocycles. The Morgan fingerprint density at radius 3 is 2.71 bits per heavy atom. The molecule has 4 nitrogen and oxygen atoms in total. The van der Waals surface area contributed by atoms with E-state index in [1.165, 1.54) is 0 Å². The highest BCUT2D eigenvalue weighted by atomic mass is 35.5. The van der Waals surface area contributed by atoms with Gasteiger partial charge in [0.1, 0.15) is 5.82 Å². The first-order chi connectivity index (χ1) is 11.6. The second-order valence-electron chi connectivity index (χ2n) is 5.50. The summed E-state index contributed by atoms with van der Waals surface area (Å²) in [5, 5.41) is 3.45. The summed E-state index contributed by atoms with van der Waals surface area (Å²) >= 11 is 5.90. The number of rotatable bonds is 5. The zero-order valence-corrected chi connectivity index (χ0v) is 14.1. The van der Waals surface area contributed by atoms with E-state index in [9.17, 15) is 4.79 Å². The molecule has 0 fully saturated rings. The average molecular weight is 340 g/mol. The molecule has 0 aliphatic carbocycles. The number of aromatic nitrogens is 2. The van der Waals surface area contributed by atoms with E-state index in [0.29, 0.717) is 23.6 Å². The Morgan fingerprint density at radius 2 is 1.96 bits per heavy atom. The molecule has 0 saturated carbocycles. The number of benzene rings is 2. The number of imidazole rings is 1. The summed E-state index contributed by atoms with van der Waals surface area (Å²) in [6.45, 7) is 2.50. The number of para-hydroxylation sites is 1. The maximum Gasteiger partial charge on any atom is 0.251 e. The van der Waals surface area contributed by atoms with Crippen LogP contribution in [0.25, 0.3) is 5.69 Å². The fraction of sp³-hybridized carbons (Fsp3) is 0.158. The van der Waals surface area contributed by atoms with Crippen molar-refractivity contribution in [3.05, 3.63) is 82.9 Å². The number of halogens is 1. The summed E-state index contributed by atoms with van der Waals surface area (Å²) < 4.78 is 2.05. The van der Waals surface area contributed by atoms with Crippen molar-refractivity contribution in [1.29, 1.82) is 0 Å². The summed E-state index contributed by atoms with van der Waals surface area (Å²) in [7, 11) is 0. The van der Waals surface area contributed by atoms with Crippen LogP contribution in [-0.4, -0.2) is 22.0 Å². The molecule has 24 heavy (non-hydrogen) atoms. The Morgan fingerprint density at radius 1 is 1.17 bits per heavy atom. The number of amides is 1. The molecule has 1 aromatic heterocycles. The van der Waals surface area contributed by atoms with E-state index in [4.69, 9.17) is 11.6 Å². The summed E-state index contributed by atoms with van der Waals surface area (Å²) in [5.41, 5.74) is 2.59. The van der Waals surface area contributed by atoms with Crippen LogP contribution in [0.1, 0.15) is 21.9 Å². The lowest BCUT2D eigenvalue weighted by atomic mass is 10.2. The van der Waals surface area contributed by atoms with Gasteiger partial charge >= 0.3 is 0 Å². The van der Waals surface area contributed by atoms with Gasteiger partial charge in [0.25, 0.3) is 5.91 Å². The summed E-state index contributed by atoms with van der Waals surface area (Å²) in [5.74, 6) is 0.800. The first-order valence-corrected chi connectivity index (χ1v) is 8.15. The normalized spacial score (nSPS) is 10.6. The van der Waals surface area contributed by atoms with Gasteiger partial charge in [-0.1, -0.05) is 35.9 Å². The zero-order chi connectivity index (χ0) is 16.9. The Balaban J connectivity index is 1.61. The number of carbonyl (C=O) groups is 1. The van der Waals surface area contributed by atoms with Gasteiger partial charge in [0.2, 0.25) is 0 Å². The molecule has 0 radical (unpaired) electrons. The van der Waals surface area contributed by atoms with Crippen molar-refractivity contribution in [1.82, 2.24) is 14.9 Å². The van der Waals surface area contributed by atoms with Crippen LogP contribution in [0.3, 0.4) is 0 Å². The van der Waals surface area contributed by atoms with Crippen LogP contribution in [0.2, 0.25) is 5.02 Å². The van der Waals surface area contributed by atoms with Crippen LogP contribution in [0, 0.1) is 6.92 Å². The molecule has 0 unspecified atom stereocenters. The molecule has 0 bridgehead atoms. The zero-order valence-electron chi connectivity index (χ0n) is 13.4. The van der Waals surface area contributed by atoms with Crippen molar-refractivity contribution >= 4 is 17.5 Å². The Labute approximate surface area is 146 Å². The molecule has 3 aromatic rings. The quantitative estimate of drug-likeness (QED) is 0.768. The molecule has 5 heteroatoms. The number of hydrogen-bond acceptors (Lipinski definition) is 2. The molecule has 0 saturated heterocycles. The van der Waals surface area contributed by atoms with Crippen LogP contribution >= 0.6 is 11.6 Å². The number of nitrogens with zero attached hydrogens (tertiary/aromatic N) is 2. The lowest BCUT2D eigenvalue weighted by Crippen LogP contribution is -2.25.